The van der Waals surface area contributed by atoms with Gasteiger partial charge in [0.15, 0.2) is 11.5 Å². The van der Waals surface area contributed by atoms with Gasteiger partial charge in [0.2, 0.25) is 5.91 Å². The van der Waals surface area contributed by atoms with E-state index in [1.165, 1.54) is 6.42 Å². The molecule has 0 aromatic heterocycles. The van der Waals surface area contributed by atoms with Crippen LogP contribution in [0.4, 0.5) is 0 Å². The molecule has 4 rings (SSSR count). The molecular formula is C20H26N2O4. The van der Waals surface area contributed by atoms with E-state index < -0.39 is 0 Å². The number of nitrogens with zero attached hydrogens (tertiary/aromatic N) is 2. The fourth-order valence-corrected chi connectivity index (χ4v) is 4.06. The van der Waals surface area contributed by atoms with Crippen LogP contribution in [0.3, 0.4) is 0 Å². The summed E-state index contributed by atoms with van der Waals surface area (Å²) < 4.78 is 11.1. The topological polar surface area (TPSA) is 59.1 Å². The molecular weight excluding hydrogens is 332 g/mol. The van der Waals surface area contributed by atoms with Crippen LogP contribution in [0.2, 0.25) is 0 Å². The van der Waals surface area contributed by atoms with Gasteiger partial charge in [0.1, 0.15) is 13.2 Å². The van der Waals surface area contributed by atoms with Crippen LogP contribution in [0.25, 0.3) is 0 Å². The Morgan fingerprint density at radius 3 is 2.27 bits per heavy atom. The number of hydrogen-bond acceptors (Lipinski definition) is 4. The molecule has 1 aromatic rings. The van der Waals surface area contributed by atoms with Crippen LogP contribution in [0.15, 0.2) is 18.2 Å². The zero-order valence-corrected chi connectivity index (χ0v) is 15.1. The third-order valence-electron chi connectivity index (χ3n) is 5.59. The van der Waals surface area contributed by atoms with E-state index >= 15 is 0 Å². The van der Waals surface area contributed by atoms with Crippen LogP contribution in [-0.2, 0) is 4.79 Å². The van der Waals surface area contributed by atoms with E-state index in [1.54, 1.807) is 18.2 Å². The van der Waals surface area contributed by atoms with E-state index in [9.17, 15) is 9.59 Å². The summed E-state index contributed by atoms with van der Waals surface area (Å²) in [4.78, 5) is 29.3. The summed E-state index contributed by atoms with van der Waals surface area (Å²) in [7, 11) is 0. The van der Waals surface area contributed by atoms with Gasteiger partial charge in [-0.2, -0.15) is 0 Å². The summed E-state index contributed by atoms with van der Waals surface area (Å²) >= 11 is 0. The number of amides is 2. The molecule has 2 fully saturated rings. The van der Waals surface area contributed by atoms with E-state index in [-0.39, 0.29) is 17.7 Å². The van der Waals surface area contributed by atoms with Gasteiger partial charge in [-0.15, -0.1) is 0 Å². The molecule has 3 heterocycles. The number of benzene rings is 1. The monoisotopic (exact) mass is 358 g/mol. The second-order valence-electron chi connectivity index (χ2n) is 7.31. The van der Waals surface area contributed by atoms with Gasteiger partial charge < -0.3 is 19.3 Å². The highest BCUT2D eigenvalue weighted by Gasteiger charge is 2.31. The Morgan fingerprint density at radius 1 is 0.846 bits per heavy atom. The van der Waals surface area contributed by atoms with Crippen molar-refractivity contribution in [3.63, 3.8) is 0 Å². The minimum Gasteiger partial charge on any atom is -0.486 e. The molecule has 0 unspecified atom stereocenters. The van der Waals surface area contributed by atoms with Gasteiger partial charge in [0.25, 0.3) is 5.91 Å². The molecule has 0 saturated carbocycles. The molecule has 0 radical (unpaired) electrons. The van der Waals surface area contributed by atoms with Crippen molar-refractivity contribution in [2.75, 3.05) is 39.4 Å². The van der Waals surface area contributed by atoms with Crippen LogP contribution in [0, 0.1) is 5.92 Å². The smallest absolute Gasteiger partial charge is 0.253 e. The number of ether oxygens (including phenoxy) is 2. The number of carbonyl (C=O) groups excluding carboxylic acids is 2. The van der Waals surface area contributed by atoms with E-state index in [0.29, 0.717) is 43.4 Å². The van der Waals surface area contributed by atoms with Gasteiger partial charge >= 0.3 is 0 Å². The minimum absolute atomic E-state index is 0.00541. The third kappa shape index (κ3) is 3.50. The Balaban J connectivity index is 1.35. The highest BCUT2D eigenvalue weighted by atomic mass is 16.6. The first-order valence-corrected chi connectivity index (χ1v) is 9.70. The van der Waals surface area contributed by atoms with E-state index in [0.717, 1.165) is 38.8 Å². The number of likely N-dealkylation sites (tertiary alicyclic amines) is 2. The van der Waals surface area contributed by atoms with Crippen molar-refractivity contribution in [2.24, 2.45) is 5.92 Å². The lowest BCUT2D eigenvalue weighted by Crippen LogP contribution is -2.45. The third-order valence-corrected chi connectivity index (χ3v) is 5.59. The summed E-state index contributed by atoms with van der Waals surface area (Å²) in [5, 5.41) is 0. The molecule has 0 bridgehead atoms. The Hall–Kier alpha value is -2.24. The molecule has 1 aromatic carbocycles. The molecule has 6 nitrogen and oxygen atoms in total. The second-order valence-corrected chi connectivity index (χ2v) is 7.31. The predicted octanol–water partition coefficient (Wildman–Crippen LogP) is 2.32. The van der Waals surface area contributed by atoms with E-state index in [2.05, 4.69) is 0 Å². The maximum Gasteiger partial charge on any atom is 0.253 e. The standard InChI is InChI=1S/C20H26N2O4/c23-19(21-8-2-1-3-9-21)15-6-10-22(11-7-15)20(24)16-4-5-17-18(14-16)26-13-12-25-17/h4-5,14-15H,1-3,6-13H2. The van der Waals surface area contributed by atoms with Crippen molar-refractivity contribution in [1.82, 2.24) is 9.80 Å². The highest BCUT2D eigenvalue weighted by Crippen LogP contribution is 2.31. The molecule has 26 heavy (non-hydrogen) atoms. The van der Waals surface area contributed by atoms with Crippen molar-refractivity contribution in [2.45, 2.75) is 32.1 Å². The quantitative estimate of drug-likeness (QED) is 0.814. The predicted molar refractivity (Wildman–Crippen MR) is 96.5 cm³/mol. The first-order valence-electron chi connectivity index (χ1n) is 9.70. The number of piperidine rings is 2. The first kappa shape index (κ1) is 17.2. The molecule has 0 spiro atoms. The first-order chi connectivity index (χ1) is 12.7. The molecule has 0 aliphatic carbocycles. The molecule has 0 atom stereocenters. The van der Waals surface area contributed by atoms with Gasteiger partial charge in [0.05, 0.1) is 0 Å². The maximum atomic E-state index is 12.8. The van der Waals surface area contributed by atoms with Gasteiger partial charge in [-0.1, -0.05) is 0 Å². The molecule has 3 aliphatic heterocycles. The molecule has 3 aliphatic rings. The van der Waals surface area contributed by atoms with Gasteiger partial charge in [0, 0.05) is 37.7 Å². The minimum atomic E-state index is 0.00541. The average Bonchev–Trinajstić information content (AvgIpc) is 2.73. The van der Waals surface area contributed by atoms with Crippen molar-refractivity contribution in [3.05, 3.63) is 23.8 Å². The Kier molecular flexibility index (Phi) is 5.00. The van der Waals surface area contributed by atoms with Crippen molar-refractivity contribution in [3.8, 4) is 11.5 Å². The van der Waals surface area contributed by atoms with Crippen molar-refractivity contribution >= 4 is 11.8 Å². The number of carbonyl (C=O) groups is 2. The summed E-state index contributed by atoms with van der Waals surface area (Å²) in [6, 6.07) is 5.36. The van der Waals surface area contributed by atoms with E-state index in [4.69, 9.17) is 9.47 Å². The molecule has 2 amide bonds. The van der Waals surface area contributed by atoms with Crippen LogP contribution in [0.5, 0.6) is 11.5 Å². The highest BCUT2D eigenvalue weighted by molar-refractivity contribution is 5.95. The zero-order valence-electron chi connectivity index (χ0n) is 15.1. The number of rotatable bonds is 2. The van der Waals surface area contributed by atoms with Crippen LogP contribution >= 0.6 is 0 Å². The van der Waals surface area contributed by atoms with Crippen molar-refractivity contribution in [1.29, 1.82) is 0 Å². The lowest BCUT2D eigenvalue weighted by Gasteiger charge is -2.35. The zero-order chi connectivity index (χ0) is 17.9. The average molecular weight is 358 g/mol. The molecule has 6 heteroatoms. The van der Waals surface area contributed by atoms with Crippen molar-refractivity contribution < 1.29 is 19.1 Å². The summed E-state index contributed by atoms with van der Waals surface area (Å²) in [6.45, 7) is 4.12. The largest absolute Gasteiger partial charge is 0.486 e. The SMILES string of the molecule is O=C(c1ccc2c(c1)OCCO2)N1CCC(C(=O)N2CCCCC2)CC1. The summed E-state index contributed by atoms with van der Waals surface area (Å²) in [6.07, 6.45) is 4.98. The number of hydrogen-bond donors (Lipinski definition) is 0. The second kappa shape index (κ2) is 7.56. The molecule has 0 N–H and O–H groups in total. The lowest BCUT2D eigenvalue weighted by atomic mass is 9.94. The van der Waals surface area contributed by atoms with Gasteiger partial charge in [-0.05, 0) is 50.3 Å². The fourth-order valence-electron chi connectivity index (χ4n) is 4.06. The van der Waals surface area contributed by atoms with Crippen LogP contribution in [0.1, 0.15) is 42.5 Å². The Labute approximate surface area is 154 Å². The lowest BCUT2D eigenvalue weighted by molar-refractivity contribution is -0.137. The summed E-state index contributed by atoms with van der Waals surface area (Å²) in [5.41, 5.74) is 0.620. The molecule has 2 saturated heterocycles. The Morgan fingerprint density at radius 2 is 1.54 bits per heavy atom. The molecule has 140 valence electrons. The van der Waals surface area contributed by atoms with Crippen LogP contribution < -0.4 is 9.47 Å². The van der Waals surface area contributed by atoms with Gasteiger partial charge in [-0.3, -0.25) is 9.59 Å². The number of fused-ring (bicyclic) bond motifs is 1. The maximum absolute atomic E-state index is 12.8. The van der Waals surface area contributed by atoms with Crippen LogP contribution in [-0.4, -0.2) is 61.0 Å². The normalized spacial score (nSPS) is 20.8. The Bertz CT molecular complexity index is 676. The fraction of sp³-hybridized carbons (Fsp3) is 0.600. The van der Waals surface area contributed by atoms with E-state index in [1.807, 2.05) is 9.80 Å². The summed E-state index contributed by atoms with van der Waals surface area (Å²) in [5.74, 6) is 1.69. The van der Waals surface area contributed by atoms with Gasteiger partial charge in [-0.25, -0.2) is 0 Å².